The third kappa shape index (κ3) is 3.49. The van der Waals surface area contributed by atoms with Gasteiger partial charge in [-0.25, -0.2) is 4.98 Å². The molecule has 2 saturated heterocycles. The van der Waals surface area contributed by atoms with Crippen molar-refractivity contribution in [2.45, 2.75) is 43.7 Å². The number of benzene rings is 1. The topological polar surface area (TPSA) is 133 Å². The lowest BCUT2D eigenvalue weighted by Gasteiger charge is -2.38. The molecule has 3 atom stereocenters. The van der Waals surface area contributed by atoms with E-state index in [0.717, 1.165) is 35.2 Å². The number of carbonyl (C=O) groups is 1. The van der Waals surface area contributed by atoms with E-state index in [4.69, 9.17) is 10.7 Å². The largest absolute Gasteiger partial charge is 0.387 e. The van der Waals surface area contributed by atoms with Crippen molar-refractivity contribution in [1.29, 1.82) is 5.26 Å². The first-order valence-electron chi connectivity index (χ1n) is 12.1. The monoisotopic (exact) mass is 479 g/mol. The number of nitrogens with two attached hydrogens (primary N) is 1. The Labute approximate surface area is 207 Å². The van der Waals surface area contributed by atoms with Crippen LogP contribution in [0.2, 0.25) is 0 Å². The van der Waals surface area contributed by atoms with Gasteiger partial charge in [0.05, 0.1) is 17.6 Å². The van der Waals surface area contributed by atoms with Crippen LogP contribution in [-0.2, 0) is 4.79 Å². The first-order chi connectivity index (χ1) is 17.6. The fourth-order valence-electron chi connectivity index (χ4n) is 5.87. The molecule has 1 aromatic carbocycles. The second kappa shape index (κ2) is 8.73. The highest BCUT2D eigenvalue weighted by atomic mass is 16.3. The standard InChI is InChI=1S/C27H25N7O2/c28-12-21-25(18-10-19-7-8-20(11-18)33(19)24(36)15-35)32-27-22(14-31-34(27)26(21)29)17-6-9-23(30-13-17)16-4-2-1-3-5-16/h1-6,9,13-14,18-20,35H,7-8,10-11,15,29H2/t18?,19-,20?/m1/s1. The molecular formula is C27H25N7O2. The summed E-state index contributed by atoms with van der Waals surface area (Å²) in [6.07, 6.45) is 6.67. The van der Waals surface area contributed by atoms with Gasteiger partial charge in [0, 0.05) is 40.9 Å². The number of rotatable bonds is 4. The van der Waals surface area contributed by atoms with Crippen LogP contribution >= 0.6 is 0 Å². The fourth-order valence-corrected chi connectivity index (χ4v) is 5.87. The minimum absolute atomic E-state index is 0.00600. The minimum Gasteiger partial charge on any atom is -0.387 e. The summed E-state index contributed by atoms with van der Waals surface area (Å²) in [5.41, 5.74) is 11.6. The quantitative estimate of drug-likeness (QED) is 0.459. The van der Waals surface area contributed by atoms with E-state index in [1.54, 1.807) is 12.4 Å². The number of carbonyl (C=O) groups excluding carboxylic acids is 1. The van der Waals surface area contributed by atoms with Crippen molar-refractivity contribution >= 4 is 17.4 Å². The minimum atomic E-state index is -0.478. The zero-order valence-corrected chi connectivity index (χ0v) is 19.6. The molecule has 2 aliphatic heterocycles. The lowest BCUT2D eigenvalue weighted by Crippen LogP contribution is -2.47. The summed E-state index contributed by atoms with van der Waals surface area (Å²) >= 11 is 0. The summed E-state index contributed by atoms with van der Waals surface area (Å²) in [6.45, 7) is -0.478. The van der Waals surface area contributed by atoms with Crippen LogP contribution in [0.1, 0.15) is 42.9 Å². The first kappa shape index (κ1) is 22.2. The Bertz CT molecular complexity index is 1480. The van der Waals surface area contributed by atoms with E-state index in [0.29, 0.717) is 29.7 Å². The number of anilines is 1. The summed E-state index contributed by atoms with van der Waals surface area (Å²) in [5.74, 6) is 0.0289. The Balaban J connectivity index is 1.39. The van der Waals surface area contributed by atoms with Crippen LogP contribution in [0.15, 0.2) is 54.9 Å². The van der Waals surface area contributed by atoms with Gasteiger partial charge in [0.25, 0.3) is 0 Å². The molecule has 0 spiro atoms. The molecule has 6 rings (SSSR count). The van der Waals surface area contributed by atoms with Crippen LogP contribution in [0.4, 0.5) is 5.82 Å². The normalized spacial score (nSPS) is 21.0. The number of aliphatic hydroxyl groups excluding tert-OH is 1. The van der Waals surface area contributed by atoms with Gasteiger partial charge in [0.15, 0.2) is 5.65 Å². The predicted molar refractivity (Wildman–Crippen MR) is 133 cm³/mol. The zero-order chi connectivity index (χ0) is 24.8. The summed E-state index contributed by atoms with van der Waals surface area (Å²) in [7, 11) is 0. The molecule has 0 aliphatic carbocycles. The first-order valence-corrected chi connectivity index (χ1v) is 12.1. The molecule has 2 aliphatic rings. The highest BCUT2D eigenvalue weighted by Crippen LogP contribution is 2.44. The molecule has 9 nitrogen and oxygen atoms in total. The summed E-state index contributed by atoms with van der Waals surface area (Å²) in [5, 5.41) is 23.8. The number of hydrogen-bond donors (Lipinski definition) is 2. The molecule has 1 amide bonds. The SMILES string of the molecule is N#Cc1c(C2CC3CC[C@H](C2)N3C(=O)CO)nc2c(-c3ccc(-c4ccccc4)nc3)cnn2c1N. The van der Waals surface area contributed by atoms with Crippen LogP contribution in [0.25, 0.3) is 28.0 Å². The van der Waals surface area contributed by atoms with Crippen molar-refractivity contribution < 1.29 is 9.90 Å². The number of hydrogen-bond acceptors (Lipinski definition) is 7. The Morgan fingerprint density at radius 2 is 1.83 bits per heavy atom. The van der Waals surface area contributed by atoms with E-state index < -0.39 is 6.61 Å². The van der Waals surface area contributed by atoms with Crippen LogP contribution in [0.5, 0.6) is 0 Å². The summed E-state index contributed by atoms with van der Waals surface area (Å²) < 4.78 is 1.52. The lowest BCUT2D eigenvalue weighted by molar-refractivity contribution is -0.138. The molecule has 3 N–H and O–H groups in total. The van der Waals surface area contributed by atoms with E-state index in [2.05, 4.69) is 16.2 Å². The third-order valence-corrected chi connectivity index (χ3v) is 7.51. The number of nitriles is 1. The van der Waals surface area contributed by atoms with Gasteiger partial charge in [0.2, 0.25) is 5.91 Å². The third-order valence-electron chi connectivity index (χ3n) is 7.51. The number of nitrogens with zero attached hydrogens (tertiary/aromatic N) is 6. The molecule has 9 heteroatoms. The summed E-state index contributed by atoms with van der Waals surface area (Å²) in [6, 6.07) is 16.2. The molecule has 180 valence electrons. The zero-order valence-electron chi connectivity index (χ0n) is 19.6. The van der Waals surface area contributed by atoms with Gasteiger partial charge in [-0.15, -0.1) is 0 Å². The van der Waals surface area contributed by atoms with Crippen molar-refractivity contribution in [3.8, 4) is 28.5 Å². The molecule has 5 heterocycles. The van der Waals surface area contributed by atoms with Crippen molar-refractivity contribution in [3.05, 3.63) is 66.1 Å². The van der Waals surface area contributed by atoms with Crippen molar-refractivity contribution in [1.82, 2.24) is 24.5 Å². The van der Waals surface area contributed by atoms with Gasteiger partial charge in [-0.1, -0.05) is 36.4 Å². The van der Waals surface area contributed by atoms with E-state index in [1.165, 1.54) is 4.52 Å². The van der Waals surface area contributed by atoms with E-state index >= 15 is 0 Å². The maximum Gasteiger partial charge on any atom is 0.248 e. The Morgan fingerprint density at radius 1 is 1.08 bits per heavy atom. The second-order valence-electron chi connectivity index (χ2n) is 9.47. The Kier molecular flexibility index (Phi) is 5.38. The van der Waals surface area contributed by atoms with Gasteiger partial charge < -0.3 is 15.7 Å². The smallest absolute Gasteiger partial charge is 0.248 e. The van der Waals surface area contributed by atoms with Gasteiger partial charge in [-0.05, 0) is 31.7 Å². The number of aromatic nitrogens is 4. The number of fused-ring (bicyclic) bond motifs is 3. The molecular weight excluding hydrogens is 454 g/mol. The van der Waals surface area contributed by atoms with Crippen LogP contribution < -0.4 is 5.73 Å². The maximum absolute atomic E-state index is 12.3. The summed E-state index contributed by atoms with van der Waals surface area (Å²) in [4.78, 5) is 23.7. The molecule has 0 saturated carbocycles. The number of nitrogen functional groups attached to an aromatic ring is 1. The van der Waals surface area contributed by atoms with Crippen LogP contribution in [-0.4, -0.2) is 54.2 Å². The number of pyridine rings is 1. The Morgan fingerprint density at radius 3 is 2.47 bits per heavy atom. The number of amides is 1. The molecule has 2 bridgehead atoms. The van der Waals surface area contributed by atoms with Gasteiger partial charge in [-0.2, -0.15) is 14.9 Å². The van der Waals surface area contributed by atoms with Crippen LogP contribution in [0.3, 0.4) is 0 Å². The van der Waals surface area contributed by atoms with E-state index in [1.807, 2.05) is 47.4 Å². The number of aliphatic hydroxyl groups is 1. The van der Waals surface area contributed by atoms with Gasteiger partial charge in [0.1, 0.15) is 24.1 Å². The number of piperidine rings is 1. The highest BCUT2D eigenvalue weighted by Gasteiger charge is 2.44. The second-order valence-corrected chi connectivity index (χ2v) is 9.47. The maximum atomic E-state index is 12.3. The molecule has 2 unspecified atom stereocenters. The van der Waals surface area contributed by atoms with Crippen molar-refractivity contribution in [2.75, 3.05) is 12.3 Å². The highest BCUT2D eigenvalue weighted by molar-refractivity contribution is 5.80. The average molecular weight is 480 g/mol. The van der Waals surface area contributed by atoms with E-state index in [-0.39, 0.29) is 29.7 Å². The molecule has 3 aromatic heterocycles. The van der Waals surface area contributed by atoms with Crippen molar-refractivity contribution in [3.63, 3.8) is 0 Å². The lowest BCUT2D eigenvalue weighted by atomic mass is 9.86. The molecule has 36 heavy (non-hydrogen) atoms. The van der Waals surface area contributed by atoms with E-state index in [9.17, 15) is 15.2 Å². The Hall–Kier alpha value is -4.29. The van der Waals surface area contributed by atoms with Gasteiger partial charge >= 0.3 is 0 Å². The van der Waals surface area contributed by atoms with Crippen molar-refractivity contribution in [2.24, 2.45) is 0 Å². The molecule has 0 radical (unpaired) electrons. The van der Waals surface area contributed by atoms with Gasteiger partial charge in [-0.3, -0.25) is 9.78 Å². The molecule has 2 fully saturated rings. The fraction of sp³-hybridized carbons (Fsp3) is 0.296. The average Bonchev–Trinajstić information content (AvgIpc) is 3.47. The van der Waals surface area contributed by atoms with Crippen LogP contribution in [0, 0.1) is 11.3 Å². The predicted octanol–water partition coefficient (Wildman–Crippen LogP) is 3.14. The molecule has 4 aromatic rings.